The molecule has 4 nitrogen and oxygen atoms in total. The third-order valence-electron chi connectivity index (χ3n) is 4.28. The molecule has 1 aliphatic heterocycles. The first-order valence-corrected chi connectivity index (χ1v) is 8.42. The van der Waals surface area contributed by atoms with E-state index < -0.39 is 0 Å². The normalized spacial score (nSPS) is 17.2. The van der Waals surface area contributed by atoms with E-state index in [4.69, 9.17) is 0 Å². The molecule has 3 rings (SSSR count). The number of fused-ring (bicyclic) bond motifs is 1. The highest BCUT2D eigenvalue weighted by molar-refractivity contribution is 9.10. The van der Waals surface area contributed by atoms with E-state index in [1.165, 1.54) is 32.5 Å². The van der Waals surface area contributed by atoms with E-state index in [2.05, 4.69) is 43.0 Å². The molecular formula is C16H21BrN4. The van der Waals surface area contributed by atoms with Crippen LogP contribution in [0.4, 0.5) is 5.69 Å². The Labute approximate surface area is 134 Å². The molecule has 0 radical (unpaired) electrons. The van der Waals surface area contributed by atoms with Crippen LogP contribution in [0.3, 0.4) is 0 Å². The SMILES string of the molecule is CCN1CCC(CNc2ccnc3cc(Br)cnc23)CC1. The van der Waals surface area contributed by atoms with E-state index in [1.807, 2.05) is 24.5 Å². The fraction of sp³-hybridized carbons (Fsp3) is 0.500. The van der Waals surface area contributed by atoms with Crippen molar-refractivity contribution in [2.24, 2.45) is 5.92 Å². The van der Waals surface area contributed by atoms with E-state index in [1.54, 1.807) is 0 Å². The molecular weight excluding hydrogens is 328 g/mol. The number of nitrogens with zero attached hydrogens (tertiary/aromatic N) is 3. The van der Waals surface area contributed by atoms with Crippen molar-refractivity contribution in [2.75, 3.05) is 31.5 Å². The lowest BCUT2D eigenvalue weighted by Gasteiger charge is -2.31. The molecule has 112 valence electrons. The molecule has 3 heterocycles. The average molecular weight is 349 g/mol. The van der Waals surface area contributed by atoms with Gasteiger partial charge in [0.1, 0.15) is 5.52 Å². The summed E-state index contributed by atoms with van der Waals surface area (Å²) in [6.07, 6.45) is 6.24. The van der Waals surface area contributed by atoms with Crippen molar-refractivity contribution in [3.63, 3.8) is 0 Å². The number of nitrogens with one attached hydrogen (secondary N) is 1. The van der Waals surface area contributed by atoms with Crippen LogP contribution in [-0.4, -0.2) is 41.0 Å². The van der Waals surface area contributed by atoms with Gasteiger partial charge in [0.05, 0.1) is 11.2 Å². The minimum absolute atomic E-state index is 0.756. The quantitative estimate of drug-likeness (QED) is 0.917. The van der Waals surface area contributed by atoms with Crippen molar-refractivity contribution in [1.29, 1.82) is 0 Å². The van der Waals surface area contributed by atoms with Crippen LogP contribution in [0.2, 0.25) is 0 Å². The number of likely N-dealkylation sites (tertiary alicyclic amines) is 1. The summed E-state index contributed by atoms with van der Waals surface area (Å²) in [5.41, 5.74) is 2.97. The van der Waals surface area contributed by atoms with Crippen molar-refractivity contribution in [3.05, 3.63) is 29.0 Å². The van der Waals surface area contributed by atoms with Crippen LogP contribution in [0.15, 0.2) is 29.0 Å². The Morgan fingerprint density at radius 1 is 1.33 bits per heavy atom. The smallest absolute Gasteiger partial charge is 0.112 e. The summed E-state index contributed by atoms with van der Waals surface area (Å²) in [5, 5.41) is 3.57. The highest BCUT2D eigenvalue weighted by Crippen LogP contribution is 2.23. The Morgan fingerprint density at radius 3 is 2.90 bits per heavy atom. The molecule has 2 aromatic heterocycles. The molecule has 1 aliphatic rings. The largest absolute Gasteiger partial charge is 0.383 e. The highest BCUT2D eigenvalue weighted by Gasteiger charge is 2.18. The summed E-state index contributed by atoms with van der Waals surface area (Å²) in [5.74, 6) is 0.756. The van der Waals surface area contributed by atoms with Gasteiger partial charge in [-0.3, -0.25) is 9.97 Å². The summed E-state index contributed by atoms with van der Waals surface area (Å²) in [6, 6.07) is 4.03. The molecule has 0 atom stereocenters. The van der Waals surface area contributed by atoms with Gasteiger partial charge in [-0.2, -0.15) is 0 Å². The second kappa shape index (κ2) is 6.71. The van der Waals surface area contributed by atoms with Gasteiger partial charge in [-0.15, -0.1) is 0 Å². The number of hydrogen-bond acceptors (Lipinski definition) is 4. The standard InChI is InChI=1S/C16H21BrN4/c1-2-21-7-4-12(5-8-21)10-19-14-3-6-18-15-9-13(17)11-20-16(14)15/h3,6,9,11-12H,2,4-5,7-8,10H2,1H3,(H,18,19). The van der Waals surface area contributed by atoms with Gasteiger partial charge in [-0.25, -0.2) is 0 Å². The zero-order valence-corrected chi connectivity index (χ0v) is 13.9. The molecule has 1 fully saturated rings. The molecule has 1 N–H and O–H groups in total. The molecule has 21 heavy (non-hydrogen) atoms. The fourth-order valence-electron chi connectivity index (χ4n) is 2.91. The molecule has 0 spiro atoms. The maximum absolute atomic E-state index is 4.49. The van der Waals surface area contributed by atoms with E-state index >= 15 is 0 Å². The third kappa shape index (κ3) is 3.52. The summed E-state index contributed by atoms with van der Waals surface area (Å²) < 4.78 is 0.964. The minimum atomic E-state index is 0.756. The van der Waals surface area contributed by atoms with Gasteiger partial charge in [0.2, 0.25) is 0 Å². The second-order valence-electron chi connectivity index (χ2n) is 5.64. The van der Waals surface area contributed by atoms with Crippen LogP contribution in [0.25, 0.3) is 11.0 Å². The van der Waals surface area contributed by atoms with Gasteiger partial charge in [0, 0.05) is 23.4 Å². The molecule has 0 unspecified atom stereocenters. The number of halogens is 1. The maximum atomic E-state index is 4.49. The molecule has 2 aromatic rings. The predicted octanol–water partition coefficient (Wildman–Crippen LogP) is 3.54. The number of piperidine rings is 1. The van der Waals surface area contributed by atoms with Gasteiger partial charge >= 0.3 is 0 Å². The summed E-state index contributed by atoms with van der Waals surface area (Å²) in [7, 11) is 0. The van der Waals surface area contributed by atoms with Crippen LogP contribution in [-0.2, 0) is 0 Å². The first-order valence-electron chi connectivity index (χ1n) is 7.62. The molecule has 1 saturated heterocycles. The molecule has 0 saturated carbocycles. The third-order valence-corrected chi connectivity index (χ3v) is 4.71. The lowest BCUT2D eigenvalue weighted by molar-refractivity contribution is 0.198. The van der Waals surface area contributed by atoms with E-state index in [-0.39, 0.29) is 0 Å². The average Bonchev–Trinajstić information content (AvgIpc) is 2.53. The van der Waals surface area contributed by atoms with Gasteiger partial charge in [-0.1, -0.05) is 6.92 Å². The number of rotatable bonds is 4. The summed E-state index contributed by atoms with van der Waals surface area (Å²) in [4.78, 5) is 11.4. The Bertz CT molecular complexity index is 608. The lowest BCUT2D eigenvalue weighted by atomic mass is 9.97. The Hall–Kier alpha value is -1.20. The lowest BCUT2D eigenvalue weighted by Crippen LogP contribution is -2.35. The first kappa shape index (κ1) is 14.7. The van der Waals surface area contributed by atoms with E-state index in [0.29, 0.717) is 0 Å². The predicted molar refractivity (Wildman–Crippen MR) is 90.6 cm³/mol. The zero-order valence-electron chi connectivity index (χ0n) is 12.3. The van der Waals surface area contributed by atoms with Crippen LogP contribution in [0, 0.1) is 5.92 Å². The topological polar surface area (TPSA) is 41.0 Å². The highest BCUT2D eigenvalue weighted by atomic mass is 79.9. The summed E-state index contributed by atoms with van der Waals surface area (Å²) >= 11 is 3.44. The van der Waals surface area contributed by atoms with Gasteiger partial charge in [-0.05, 0) is 66.5 Å². The van der Waals surface area contributed by atoms with E-state index in [0.717, 1.165) is 33.7 Å². The molecule has 0 bridgehead atoms. The van der Waals surface area contributed by atoms with Gasteiger partial charge in [0.25, 0.3) is 0 Å². The van der Waals surface area contributed by atoms with E-state index in [9.17, 15) is 0 Å². The molecule has 0 aliphatic carbocycles. The van der Waals surface area contributed by atoms with Crippen molar-refractivity contribution >= 4 is 32.7 Å². The number of hydrogen-bond donors (Lipinski definition) is 1. The molecule has 0 amide bonds. The monoisotopic (exact) mass is 348 g/mol. The molecule has 5 heteroatoms. The number of pyridine rings is 2. The zero-order chi connectivity index (χ0) is 14.7. The Balaban J connectivity index is 1.66. The molecule has 0 aromatic carbocycles. The minimum Gasteiger partial charge on any atom is -0.383 e. The van der Waals surface area contributed by atoms with Crippen molar-refractivity contribution < 1.29 is 0 Å². The summed E-state index contributed by atoms with van der Waals surface area (Å²) in [6.45, 7) is 6.89. The van der Waals surface area contributed by atoms with Crippen LogP contribution in [0.5, 0.6) is 0 Å². The van der Waals surface area contributed by atoms with Crippen molar-refractivity contribution in [3.8, 4) is 0 Å². The Kier molecular flexibility index (Phi) is 4.70. The maximum Gasteiger partial charge on any atom is 0.112 e. The second-order valence-corrected chi connectivity index (χ2v) is 6.55. The van der Waals surface area contributed by atoms with Crippen LogP contribution < -0.4 is 5.32 Å². The number of aromatic nitrogens is 2. The number of anilines is 1. The van der Waals surface area contributed by atoms with Crippen LogP contribution in [0.1, 0.15) is 19.8 Å². The van der Waals surface area contributed by atoms with Gasteiger partial charge in [0.15, 0.2) is 0 Å². The first-order chi connectivity index (χ1) is 10.3. The Morgan fingerprint density at radius 2 is 2.14 bits per heavy atom. The van der Waals surface area contributed by atoms with Crippen LogP contribution >= 0.6 is 15.9 Å². The van der Waals surface area contributed by atoms with Crippen molar-refractivity contribution in [2.45, 2.75) is 19.8 Å². The van der Waals surface area contributed by atoms with Crippen molar-refractivity contribution in [1.82, 2.24) is 14.9 Å². The van der Waals surface area contributed by atoms with Gasteiger partial charge < -0.3 is 10.2 Å². The fourth-order valence-corrected chi connectivity index (χ4v) is 3.23.